The molecule has 1 aliphatic heterocycles. The zero-order valence-electron chi connectivity index (χ0n) is 15.6. The molecule has 1 saturated heterocycles. The molecule has 1 N–H and O–H groups in total. The van der Waals surface area contributed by atoms with Crippen LogP contribution < -0.4 is 5.32 Å². The summed E-state index contributed by atoms with van der Waals surface area (Å²) in [6.07, 6.45) is 5.06. The van der Waals surface area contributed by atoms with Crippen LogP contribution in [0.4, 0.5) is 0 Å². The van der Waals surface area contributed by atoms with Gasteiger partial charge in [-0.1, -0.05) is 12.5 Å². The maximum atomic E-state index is 12.8. The van der Waals surface area contributed by atoms with E-state index in [4.69, 9.17) is 4.74 Å². The van der Waals surface area contributed by atoms with Gasteiger partial charge in [0.2, 0.25) is 10.0 Å². The maximum Gasteiger partial charge on any atom is 0.328 e. The van der Waals surface area contributed by atoms with E-state index in [-0.39, 0.29) is 10.5 Å². The number of esters is 1. The molecular formula is C18H26N2O5S2. The number of sulfonamides is 1. The number of nitrogens with one attached hydrogen (secondary N) is 1. The topological polar surface area (TPSA) is 92.8 Å². The second-order valence-corrected chi connectivity index (χ2v) is 9.25. The van der Waals surface area contributed by atoms with Crippen molar-refractivity contribution < 1.29 is 22.7 Å². The Balaban J connectivity index is 2.17. The smallest absolute Gasteiger partial charge is 0.328 e. The van der Waals surface area contributed by atoms with E-state index < -0.39 is 27.9 Å². The van der Waals surface area contributed by atoms with E-state index in [2.05, 4.69) is 5.32 Å². The normalized spacial score (nSPS) is 16.5. The minimum Gasteiger partial charge on any atom is -0.467 e. The van der Waals surface area contributed by atoms with Gasteiger partial charge in [0.25, 0.3) is 5.91 Å². The van der Waals surface area contributed by atoms with Crippen LogP contribution in [0.2, 0.25) is 0 Å². The number of amides is 1. The number of carbonyl (C=O) groups excluding carboxylic acids is 2. The minimum atomic E-state index is -3.62. The highest BCUT2D eigenvalue weighted by molar-refractivity contribution is 7.98. The second kappa shape index (κ2) is 10.1. The lowest BCUT2D eigenvalue weighted by molar-refractivity contribution is -0.142. The lowest BCUT2D eigenvalue weighted by Gasteiger charge is -2.26. The van der Waals surface area contributed by atoms with E-state index in [1.165, 1.54) is 29.6 Å². The second-order valence-electron chi connectivity index (χ2n) is 6.32. The molecule has 150 valence electrons. The van der Waals surface area contributed by atoms with Crippen molar-refractivity contribution in [1.82, 2.24) is 9.62 Å². The summed E-state index contributed by atoms with van der Waals surface area (Å²) in [6, 6.07) is 5.17. The molecule has 0 radical (unpaired) electrons. The maximum absolute atomic E-state index is 12.8. The van der Waals surface area contributed by atoms with E-state index in [1.807, 2.05) is 6.26 Å². The number of methoxy groups -OCH3 is 1. The molecule has 0 bridgehead atoms. The van der Waals surface area contributed by atoms with Gasteiger partial charge >= 0.3 is 5.97 Å². The third-order valence-corrected chi connectivity index (χ3v) is 6.99. The van der Waals surface area contributed by atoms with E-state index in [1.54, 1.807) is 17.8 Å². The molecule has 2 rings (SSSR count). The van der Waals surface area contributed by atoms with Crippen molar-refractivity contribution in [2.45, 2.75) is 36.6 Å². The summed E-state index contributed by atoms with van der Waals surface area (Å²) in [5, 5.41) is 2.64. The third kappa shape index (κ3) is 5.70. The summed E-state index contributed by atoms with van der Waals surface area (Å²) < 4.78 is 31.8. The summed E-state index contributed by atoms with van der Waals surface area (Å²) in [7, 11) is -2.35. The first-order valence-electron chi connectivity index (χ1n) is 8.88. The standard InChI is InChI=1S/C18H26N2O5S2/c1-25-18(22)16(9-12-26-2)19-17(21)14-7-6-8-15(13-14)27(23,24)20-10-4-3-5-11-20/h6-8,13,16H,3-5,9-12H2,1-2H3,(H,19,21). The van der Waals surface area contributed by atoms with Gasteiger partial charge in [-0.15, -0.1) is 0 Å². The number of carbonyl (C=O) groups is 2. The Hall–Kier alpha value is -1.58. The minimum absolute atomic E-state index is 0.0933. The third-order valence-electron chi connectivity index (χ3n) is 4.45. The Morgan fingerprint density at radius 2 is 1.96 bits per heavy atom. The zero-order valence-corrected chi connectivity index (χ0v) is 17.3. The first-order valence-corrected chi connectivity index (χ1v) is 11.7. The predicted octanol–water partition coefficient (Wildman–Crippen LogP) is 1.89. The molecule has 1 fully saturated rings. The van der Waals surface area contributed by atoms with Gasteiger partial charge in [-0.3, -0.25) is 4.79 Å². The molecule has 1 unspecified atom stereocenters. The van der Waals surface area contributed by atoms with E-state index in [0.29, 0.717) is 25.3 Å². The summed E-state index contributed by atoms with van der Waals surface area (Å²) in [6.45, 7) is 0.996. The van der Waals surface area contributed by atoms with Gasteiger partial charge in [0.05, 0.1) is 12.0 Å². The zero-order chi connectivity index (χ0) is 19.9. The van der Waals surface area contributed by atoms with Crippen molar-refractivity contribution in [2.24, 2.45) is 0 Å². The fourth-order valence-electron chi connectivity index (χ4n) is 2.92. The van der Waals surface area contributed by atoms with E-state index >= 15 is 0 Å². The number of rotatable bonds is 8. The average Bonchev–Trinajstić information content (AvgIpc) is 2.71. The average molecular weight is 415 g/mol. The molecule has 0 aromatic heterocycles. The number of piperidine rings is 1. The molecule has 27 heavy (non-hydrogen) atoms. The number of hydrogen-bond donors (Lipinski definition) is 1. The lowest BCUT2D eigenvalue weighted by Crippen LogP contribution is -2.42. The molecule has 0 saturated carbocycles. The molecular weight excluding hydrogens is 388 g/mol. The summed E-state index contributed by atoms with van der Waals surface area (Å²) in [5.74, 6) is -0.333. The van der Waals surface area contributed by atoms with Crippen molar-refractivity contribution >= 4 is 33.7 Å². The Bertz CT molecular complexity index is 761. The van der Waals surface area contributed by atoms with Crippen LogP contribution in [-0.4, -0.2) is 62.8 Å². The first kappa shape index (κ1) is 21.7. The van der Waals surface area contributed by atoms with E-state index in [0.717, 1.165) is 19.3 Å². The van der Waals surface area contributed by atoms with E-state index in [9.17, 15) is 18.0 Å². The molecule has 1 aromatic carbocycles. The van der Waals surface area contributed by atoms with Crippen molar-refractivity contribution in [2.75, 3.05) is 32.2 Å². The molecule has 1 heterocycles. The molecule has 0 aliphatic carbocycles. The monoisotopic (exact) mass is 414 g/mol. The fraction of sp³-hybridized carbons (Fsp3) is 0.556. The first-order chi connectivity index (χ1) is 12.9. The van der Waals surface area contributed by atoms with Gasteiger partial charge in [0.15, 0.2) is 0 Å². The van der Waals surface area contributed by atoms with Gasteiger partial charge in [-0.2, -0.15) is 16.1 Å². The van der Waals surface area contributed by atoms with Crippen LogP contribution in [-0.2, 0) is 19.6 Å². The quantitative estimate of drug-likeness (QED) is 0.653. The molecule has 1 aliphatic rings. The van der Waals surface area contributed by atoms with Crippen LogP contribution in [0.15, 0.2) is 29.2 Å². The highest BCUT2D eigenvalue weighted by Crippen LogP contribution is 2.21. The Labute approximate surface area is 164 Å². The van der Waals surface area contributed by atoms with Gasteiger partial charge < -0.3 is 10.1 Å². The molecule has 1 aromatic rings. The number of ether oxygens (including phenoxy) is 1. The largest absolute Gasteiger partial charge is 0.467 e. The van der Waals surface area contributed by atoms with Crippen LogP contribution in [0.5, 0.6) is 0 Å². The molecule has 0 spiro atoms. The number of thioether (sulfide) groups is 1. The van der Waals surface area contributed by atoms with Crippen LogP contribution in [0.3, 0.4) is 0 Å². The highest BCUT2D eigenvalue weighted by Gasteiger charge is 2.27. The molecule has 1 amide bonds. The SMILES string of the molecule is COC(=O)C(CCSC)NC(=O)c1cccc(S(=O)(=O)N2CCCCC2)c1. The Morgan fingerprint density at radius 1 is 1.26 bits per heavy atom. The fourth-order valence-corrected chi connectivity index (χ4v) is 4.96. The van der Waals surface area contributed by atoms with Crippen LogP contribution in [0.1, 0.15) is 36.0 Å². The highest BCUT2D eigenvalue weighted by atomic mass is 32.2. The van der Waals surface area contributed by atoms with Crippen molar-refractivity contribution in [1.29, 1.82) is 0 Å². The van der Waals surface area contributed by atoms with Crippen molar-refractivity contribution in [3.63, 3.8) is 0 Å². The molecule has 1 atom stereocenters. The van der Waals surface area contributed by atoms with Crippen LogP contribution >= 0.6 is 11.8 Å². The van der Waals surface area contributed by atoms with Crippen molar-refractivity contribution in [3.05, 3.63) is 29.8 Å². The van der Waals surface area contributed by atoms with Gasteiger partial charge in [0, 0.05) is 18.7 Å². The van der Waals surface area contributed by atoms with Gasteiger partial charge in [-0.25, -0.2) is 13.2 Å². The number of nitrogens with zero attached hydrogens (tertiary/aromatic N) is 1. The van der Waals surface area contributed by atoms with Gasteiger partial charge in [0.1, 0.15) is 6.04 Å². The van der Waals surface area contributed by atoms with Crippen LogP contribution in [0.25, 0.3) is 0 Å². The van der Waals surface area contributed by atoms with Crippen molar-refractivity contribution in [3.8, 4) is 0 Å². The predicted molar refractivity (Wildman–Crippen MR) is 105 cm³/mol. The number of benzene rings is 1. The number of hydrogen-bond acceptors (Lipinski definition) is 6. The lowest BCUT2D eigenvalue weighted by atomic mass is 10.1. The summed E-state index contributed by atoms with van der Waals surface area (Å²) >= 11 is 1.56. The van der Waals surface area contributed by atoms with Gasteiger partial charge in [-0.05, 0) is 49.5 Å². The molecule has 7 nitrogen and oxygen atoms in total. The Kier molecular flexibility index (Phi) is 8.12. The summed E-state index contributed by atoms with van der Waals surface area (Å²) in [4.78, 5) is 24.5. The Morgan fingerprint density at radius 3 is 2.59 bits per heavy atom. The van der Waals surface area contributed by atoms with Crippen LogP contribution in [0, 0.1) is 0 Å². The molecule has 9 heteroatoms. The summed E-state index contributed by atoms with van der Waals surface area (Å²) in [5.41, 5.74) is 0.200.